The third-order valence-electron chi connectivity index (χ3n) is 2.50. The topological polar surface area (TPSA) is 79.3 Å². The first-order chi connectivity index (χ1) is 8.50. The van der Waals surface area contributed by atoms with E-state index in [-0.39, 0.29) is 24.8 Å². The second-order valence-electron chi connectivity index (χ2n) is 4.43. The maximum Gasteiger partial charge on any atom is 0.303 e. The predicted octanol–water partition coefficient (Wildman–Crippen LogP) is 1.55. The number of carboxylic acid groups (broad SMARTS) is 1. The van der Waals surface area contributed by atoms with Gasteiger partial charge in [0.05, 0.1) is 5.92 Å². The summed E-state index contributed by atoms with van der Waals surface area (Å²) in [6.45, 7) is 3.75. The Morgan fingerprint density at radius 2 is 1.94 bits per heavy atom. The van der Waals surface area contributed by atoms with Crippen LogP contribution in [0.2, 0.25) is 0 Å². The van der Waals surface area contributed by atoms with Crippen LogP contribution in [0.4, 0.5) is 0 Å². The smallest absolute Gasteiger partial charge is 0.303 e. The van der Waals surface area contributed by atoms with Crippen molar-refractivity contribution in [1.29, 1.82) is 0 Å². The number of nitrogens with zero attached hydrogens (tertiary/aromatic N) is 1. The highest BCUT2D eigenvalue weighted by atomic mass is 16.4. The summed E-state index contributed by atoms with van der Waals surface area (Å²) < 4.78 is 0. The molecule has 0 aliphatic carbocycles. The second-order valence-corrected chi connectivity index (χ2v) is 4.43. The average Bonchev–Trinajstić information content (AvgIpc) is 2.29. The molecule has 0 spiro atoms. The summed E-state index contributed by atoms with van der Waals surface area (Å²) in [6, 6.07) is 3.52. The second kappa shape index (κ2) is 6.74. The maximum absolute atomic E-state index is 12.0. The van der Waals surface area contributed by atoms with Crippen LogP contribution in [0.1, 0.15) is 38.2 Å². The molecule has 0 radical (unpaired) electrons. The van der Waals surface area contributed by atoms with Crippen molar-refractivity contribution in [3.05, 3.63) is 30.1 Å². The number of aromatic nitrogens is 1. The molecule has 1 rings (SSSR count). The molecule has 1 aromatic rings. The molecule has 0 saturated carbocycles. The Morgan fingerprint density at radius 1 is 1.33 bits per heavy atom. The van der Waals surface area contributed by atoms with Crippen LogP contribution < -0.4 is 5.32 Å². The summed E-state index contributed by atoms with van der Waals surface area (Å²) in [5.41, 5.74) is 0.796. The molecular formula is C13H18N2O3. The fourth-order valence-electron chi connectivity index (χ4n) is 1.70. The lowest BCUT2D eigenvalue weighted by atomic mass is 9.94. The van der Waals surface area contributed by atoms with Crippen LogP contribution >= 0.6 is 0 Å². The lowest BCUT2D eigenvalue weighted by molar-refractivity contribution is -0.137. The van der Waals surface area contributed by atoms with E-state index in [9.17, 15) is 9.59 Å². The van der Waals surface area contributed by atoms with E-state index >= 15 is 0 Å². The number of pyridine rings is 1. The van der Waals surface area contributed by atoms with Gasteiger partial charge in [0.25, 0.3) is 0 Å². The zero-order valence-electron chi connectivity index (χ0n) is 10.6. The summed E-state index contributed by atoms with van der Waals surface area (Å²) in [7, 11) is 0. The highest BCUT2D eigenvalue weighted by Crippen LogP contribution is 2.21. The van der Waals surface area contributed by atoms with Crippen molar-refractivity contribution in [3.8, 4) is 0 Å². The SMILES string of the molecule is CC(C)NC(=O)C(CCC(=O)O)c1ccncc1. The third-order valence-corrected chi connectivity index (χ3v) is 2.50. The van der Waals surface area contributed by atoms with Crippen molar-refractivity contribution in [2.24, 2.45) is 0 Å². The molecule has 98 valence electrons. The van der Waals surface area contributed by atoms with Gasteiger partial charge in [0.15, 0.2) is 0 Å². The summed E-state index contributed by atoms with van der Waals surface area (Å²) in [5, 5.41) is 11.5. The van der Waals surface area contributed by atoms with Crippen LogP contribution in [0.15, 0.2) is 24.5 Å². The Balaban J connectivity index is 2.81. The molecule has 18 heavy (non-hydrogen) atoms. The zero-order valence-corrected chi connectivity index (χ0v) is 10.6. The van der Waals surface area contributed by atoms with Gasteiger partial charge in [-0.15, -0.1) is 0 Å². The standard InChI is InChI=1S/C13H18N2O3/c1-9(2)15-13(18)11(3-4-12(16)17)10-5-7-14-8-6-10/h5-9,11H,3-4H2,1-2H3,(H,15,18)(H,16,17). The van der Waals surface area contributed by atoms with Gasteiger partial charge in [0.2, 0.25) is 5.91 Å². The lowest BCUT2D eigenvalue weighted by Gasteiger charge is -2.18. The number of aliphatic carboxylic acids is 1. The Morgan fingerprint density at radius 3 is 2.44 bits per heavy atom. The minimum Gasteiger partial charge on any atom is -0.481 e. The number of carbonyl (C=O) groups excluding carboxylic acids is 1. The van der Waals surface area contributed by atoms with Gasteiger partial charge < -0.3 is 10.4 Å². The van der Waals surface area contributed by atoms with E-state index in [1.54, 1.807) is 24.5 Å². The van der Waals surface area contributed by atoms with Crippen LogP contribution in [-0.4, -0.2) is 28.0 Å². The molecule has 1 aromatic heterocycles. The van der Waals surface area contributed by atoms with Crippen LogP contribution in [0.5, 0.6) is 0 Å². The highest BCUT2D eigenvalue weighted by Gasteiger charge is 2.21. The monoisotopic (exact) mass is 250 g/mol. The molecule has 0 aliphatic rings. The number of nitrogens with one attached hydrogen (secondary N) is 1. The first-order valence-corrected chi connectivity index (χ1v) is 5.92. The minimum absolute atomic E-state index is 0.0293. The predicted molar refractivity (Wildman–Crippen MR) is 67.1 cm³/mol. The Hall–Kier alpha value is -1.91. The molecule has 0 aromatic carbocycles. The van der Waals surface area contributed by atoms with Gasteiger partial charge in [0.1, 0.15) is 0 Å². The van der Waals surface area contributed by atoms with E-state index in [1.165, 1.54) is 0 Å². The molecule has 0 saturated heterocycles. The van der Waals surface area contributed by atoms with Crippen molar-refractivity contribution in [2.45, 2.75) is 38.6 Å². The molecule has 1 amide bonds. The van der Waals surface area contributed by atoms with E-state index in [0.717, 1.165) is 5.56 Å². The Labute approximate surface area is 106 Å². The summed E-state index contributed by atoms with van der Waals surface area (Å²) >= 11 is 0. The lowest BCUT2D eigenvalue weighted by Crippen LogP contribution is -2.34. The molecule has 1 atom stereocenters. The Kier molecular flexibility index (Phi) is 5.30. The largest absolute Gasteiger partial charge is 0.481 e. The fourth-order valence-corrected chi connectivity index (χ4v) is 1.70. The van der Waals surface area contributed by atoms with Gasteiger partial charge >= 0.3 is 5.97 Å². The van der Waals surface area contributed by atoms with E-state index in [0.29, 0.717) is 0 Å². The van der Waals surface area contributed by atoms with Gasteiger partial charge in [0, 0.05) is 24.9 Å². The summed E-state index contributed by atoms with van der Waals surface area (Å²) in [4.78, 5) is 26.6. The first kappa shape index (κ1) is 14.2. The van der Waals surface area contributed by atoms with Crippen LogP contribution in [0.3, 0.4) is 0 Å². The number of amides is 1. The molecule has 5 heteroatoms. The van der Waals surface area contributed by atoms with Crippen molar-refractivity contribution < 1.29 is 14.7 Å². The van der Waals surface area contributed by atoms with Gasteiger partial charge in [-0.05, 0) is 38.0 Å². The summed E-state index contributed by atoms with van der Waals surface area (Å²) in [5.74, 6) is -1.48. The molecule has 2 N–H and O–H groups in total. The van der Waals surface area contributed by atoms with E-state index < -0.39 is 11.9 Å². The van der Waals surface area contributed by atoms with Gasteiger partial charge in [-0.25, -0.2) is 0 Å². The van der Waals surface area contributed by atoms with Gasteiger partial charge in [-0.3, -0.25) is 14.6 Å². The molecular weight excluding hydrogens is 232 g/mol. The molecule has 1 heterocycles. The van der Waals surface area contributed by atoms with Crippen LogP contribution in [0.25, 0.3) is 0 Å². The number of hydrogen-bond acceptors (Lipinski definition) is 3. The van der Waals surface area contributed by atoms with Crippen LogP contribution in [-0.2, 0) is 9.59 Å². The van der Waals surface area contributed by atoms with E-state index in [2.05, 4.69) is 10.3 Å². The third kappa shape index (κ3) is 4.53. The van der Waals surface area contributed by atoms with Crippen molar-refractivity contribution in [1.82, 2.24) is 10.3 Å². The molecule has 0 bridgehead atoms. The number of rotatable bonds is 6. The van der Waals surface area contributed by atoms with Crippen molar-refractivity contribution in [2.75, 3.05) is 0 Å². The number of carbonyl (C=O) groups is 2. The molecule has 0 aliphatic heterocycles. The number of carboxylic acids is 1. The fraction of sp³-hybridized carbons (Fsp3) is 0.462. The normalized spacial score (nSPS) is 12.2. The first-order valence-electron chi connectivity index (χ1n) is 5.92. The molecule has 5 nitrogen and oxygen atoms in total. The highest BCUT2D eigenvalue weighted by molar-refractivity contribution is 5.84. The average molecular weight is 250 g/mol. The zero-order chi connectivity index (χ0) is 13.5. The molecule has 1 unspecified atom stereocenters. The van der Waals surface area contributed by atoms with Gasteiger partial charge in [-0.2, -0.15) is 0 Å². The van der Waals surface area contributed by atoms with Gasteiger partial charge in [-0.1, -0.05) is 0 Å². The summed E-state index contributed by atoms with van der Waals surface area (Å²) in [6.07, 6.45) is 3.47. The Bertz CT molecular complexity index is 404. The van der Waals surface area contributed by atoms with Crippen molar-refractivity contribution >= 4 is 11.9 Å². The quantitative estimate of drug-likeness (QED) is 0.803. The minimum atomic E-state index is -0.897. The number of hydrogen-bond donors (Lipinski definition) is 2. The van der Waals surface area contributed by atoms with E-state index in [4.69, 9.17) is 5.11 Å². The van der Waals surface area contributed by atoms with E-state index in [1.807, 2.05) is 13.8 Å². The van der Waals surface area contributed by atoms with Crippen molar-refractivity contribution in [3.63, 3.8) is 0 Å². The maximum atomic E-state index is 12.0. The molecule has 0 fully saturated rings. The van der Waals surface area contributed by atoms with Crippen LogP contribution in [0, 0.1) is 0 Å².